The van der Waals surface area contributed by atoms with Gasteiger partial charge in [-0.3, -0.25) is 4.79 Å². The van der Waals surface area contributed by atoms with Gasteiger partial charge in [0.15, 0.2) is 0 Å². The number of benzene rings is 1. The molecule has 0 aliphatic carbocycles. The molecule has 1 aromatic rings. The van der Waals surface area contributed by atoms with Gasteiger partial charge in [0, 0.05) is 46.8 Å². The molecule has 27 heavy (non-hydrogen) atoms. The van der Waals surface area contributed by atoms with Crippen molar-refractivity contribution in [1.82, 2.24) is 9.21 Å². The second-order valence-electron chi connectivity index (χ2n) is 6.62. The van der Waals surface area contributed by atoms with Crippen molar-refractivity contribution < 1.29 is 22.7 Å². The van der Waals surface area contributed by atoms with Crippen LogP contribution in [0.25, 0.3) is 0 Å². The van der Waals surface area contributed by atoms with Crippen LogP contribution in [-0.4, -0.2) is 77.1 Å². The number of nitrogens with zero attached hydrogens (tertiary/aromatic N) is 2. The molecule has 152 valence electrons. The summed E-state index contributed by atoms with van der Waals surface area (Å²) in [7, 11) is -0.175. The summed E-state index contributed by atoms with van der Waals surface area (Å²) in [6.45, 7) is 3.23. The Balaban J connectivity index is 1.92. The van der Waals surface area contributed by atoms with Crippen molar-refractivity contribution in [2.24, 2.45) is 0 Å². The van der Waals surface area contributed by atoms with Gasteiger partial charge in [-0.1, -0.05) is 12.1 Å². The molecule has 8 heteroatoms. The number of aryl methyl sites for hydroxylation is 1. The van der Waals surface area contributed by atoms with E-state index in [0.717, 1.165) is 18.4 Å². The van der Waals surface area contributed by atoms with Gasteiger partial charge in [-0.25, -0.2) is 8.42 Å². The molecule has 1 heterocycles. The lowest BCUT2D eigenvalue weighted by Gasteiger charge is -2.22. The van der Waals surface area contributed by atoms with Crippen LogP contribution in [0.3, 0.4) is 0 Å². The lowest BCUT2D eigenvalue weighted by atomic mass is 10.1. The van der Waals surface area contributed by atoms with Gasteiger partial charge >= 0.3 is 0 Å². The van der Waals surface area contributed by atoms with E-state index in [-0.39, 0.29) is 5.91 Å². The minimum atomic E-state index is -3.39. The Morgan fingerprint density at radius 2 is 1.59 bits per heavy atom. The predicted octanol–water partition coefficient (Wildman–Crippen LogP) is 1.53. The van der Waals surface area contributed by atoms with E-state index in [2.05, 4.69) is 0 Å². The SMILES string of the molecule is COCCN(CCOC)C(=O)CCc1ccc(S(=O)(=O)N2CCCC2)cc1. The van der Waals surface area contributed by atoms with Crippen molar-refractivity contribution in [3.63, 3.8) is 0 Å². The van der Waals surface area contributed by atoms with Gasteiger partial charge in [0.25, 0.3) is 0 Å². The van der Waals surface area contributed by atoms with Crippen molar-refractivity contribution in [3.05, 3.63) is 29.8 Å². The maximum absolute atomic E-state index is 12.5. The lowest BCUT2D eigenvalue weighted by molar-refractivity contribution is -0.132. The number of methoxy groups -OCH3 is 2. The van der Waals surface area contributed by atoms with Crippen molar-refractivity contribution in [2.75, 3.05) is 53.6 Å². The molecule has 1 aliphatic rings. The topological polar surface area (TPSA) is 76.1 Å². The second-order valence-corrected chi connectivity index (χ2v) is 8.56. The van der Waals surface area contributed by atoms with Crippen LogP contribution in [0.2, 0.25) is 0 Å². The summed E-state index contributed by atoms with van der Waals surface area (Å²) >= 11 is 0. The number of hydrogen-bond acceptors (Lipinski definition) is 5. The zero-order valence-corrected chi connectivity index (χ0v) is 17.0. The molecule has 2 rings (SSSR count). The smallest absolute Gasteiger partial charge is 0.243 e. The van der Waals surface area contributed by atoms with E-state index in [1.807, 2.05) is 0 Å². The van der Waals surface area contributed by atoms with Crippen LogP contribution in [0.15, 0.2) is 29.2 Å². The molecule has 0 bridgehead atoms. The first-order valence-electron chi connectivity index (χ1n) is 9.33. The Morgan fingerprint density at radius 1 is 1.04 bits per heavy atom. The molecule has 0 aromatic heterocycles. The number of amides is 1. The summed E-state index contributed by atoms with van der Waals surface area (Å²) in [5.74, 6) is 0.0397. The van der Waals surface area contributed by atoms with E-state index in [1.165, 1.54) is 4.31 Å². The maximum atomic E-state index is 12.5. The molecule has 0 unspecified atom stereocenters. The molecule has 1 aliphatic heterocycles. The standard InChI is InChI=1S/C19H30N2O5S/c1-25-15-13-20(14-16-26-2)19(22)10-7-17-5-8-18(9-6-17)27(23,24)21-11-3-4-12-21/h5-6,8-9H,3-4,7,10-16H2,1-2H3. The first-order chi connectivity index (χ1) is 13.0. The molecule has 1 aromatic carbocycles. The monoisotopic (exact) mass is 398 g/mol. The molecule has 1 amide bonds. The summed E-state index contributed by atoms with van der Waals surface area (Å²) in [5.41, 5.74) is 0.946. The zero-order chi connectivity index (χ0) is 19.7. The first-order valence-corrected chi connectivity index (χ1v) is 10.8. The third-order valence-electron chi connectivity index (χ3n) is 4.74. The third-order valence-corrected chi connectivity index (χ3v) is 6.65. The Labute approximate surface area is 162 Å². The number of sulfonamides is 1. The molecule has 1 fully saturated rings. The van der Waals surface area contributed by atoms with Crippen molar-refractivity contribution in [3.8, 4) is 0 Å². The number of rotatable bonds is 11. The molecule has 7 nitrogen and oxygen atoms in total. The van der Waals surface area contributed by atoms with E-state index in [4.69, 9.17) is 9.47 Å². The molecular weight excluding hydrogens is 368 g/mol. The predicted molar refractivity (Wildman–Crippen MR) is 103 cm³/mol. The largest absolute Gasteiger partial charge is 0.383 e. The highest BCUT2D eigenvalue weighted by atomic mass is 32.2. The quantitative estimate of drug-likeness (QED) is 0.565. The van der Waals surface area contributed by atoms with Gasteiger partial charge in [0.05, 0.1) is 18.1 Å². The first kappa shape index (κ1) is 21.8. The van der Waals surface area contributed by atoms with Crippen LogP contribution in [-0.2, 0) is 30.7 Å². The fraction of sp³-hybridized carbons (Fsp3) is 0.632. The maximum Gasteiger partial charge on any atom is 0.243 e. The average Bonchev–Trinajstić information content (AvgIpc) is 3.22. The van der Waals surface area contributed by atoms with Crippen molar-refractivity contribution in [1.29, 1.82) is 0 Å². The minimum Gasteiger partial charge on any atom is -0.383 e. The molecule has 0 atom stereocenters. The number of ether oxygens (including phenoxy) is 2. The number of carbonyl (C=O) groups excluding carboxylic acids is 1. The second kappa shape index (κ2) is 10.8. The van der Waals surface area contributed by atoms with Crippen LogP contribution < -0.4 is 0 Å². The van der Waals surface area contributed by atoms with Crippen molar-refractivity contribution >= 4 is 15.9 Å². The summed E-state index contributed by atoms with van der Waals surface area (Å²) in [6, 6.07) is 6.87. The molecule has 0 N–H and O–H groups in total. The van der Waals surface area contributed by atoms with Crippen LogP contribution in [0.4, 0.5) is 0 Å². The van der Waals surface area contributed by atoms with Crippen LogP contribution in [0.1, 0.15) is 24.8 Å². The Hall–Kier alpha value is -1.48. The van der Waals surface area contributed by atoms with E-state index in [9.17, 15) is 13.2 Å². The van der Waals surface area contributed by atoms with Crippen LogP contribution >= 0.6 is 0 Å². The molecular formula is C19H30N2O5S. The summed E-state index contributed by atoms with van der Waals surface area (Å²) in [4.78, 5) is 14.5. The summed E-state index contributed by atoms with van der Waals surface area (Å²) in [5, 5.41) is 0. The van der Waals surface area contributed by atoms with E-state index in [1.54, 1.807) is 43.4 Å². The minimum absolute atomic E-state index is 0.0397. The Morgan fingerprint density at radius 3 is 2.11 bits per heavy atom. The van der Waals surface area contributed by atoms with Gasteiger partial charge in [-0.15, -0.1) is 0 Å². The normalized spacial score (nSPS) is 15.2. The fourth-order valence-corrected chi connectivity index (χ4v) is 4.60. The molecule has 0 spiro atoms. The van der Waals surface area contributed by atoms with Gasteiger partial charge < -0.3 is 14.4 Å². The molecule has 0 radical (unpaired) electrons. The van der Waals surface area contributed by atoms with E-state index < -0.39 is 10.0 Å². The van der Waals surface area contributed by atoms with Gasteiger partial charge in [-0.05, 0) is 37.0 Å². The lowest BCUT2D eigenvalue weighted by Crippen LogP contribution is -2.36. The molecule has 0 saturated carbocycles. The molecule has 1 saturated heterocycles. The fourth-order valence-electron chi connectivity index (χ4n) is 3.08. The van der Waals surface area contributed by atoms with Gasteiger partial charge in [0.1, 0.15) is 0 Å². The Bertz CT molecular complexity index is 677. The summed E-state index contributed by atoms with van der Waals surface area (Å²) < 4.78 is 36.7. The number of carbonyl (C=O) groups is 1. The van der Waals surface area contributed by atoms with Crippen LogP contribution in [0, 0.1) is 0 Å². The van der Waals surface area contributed by atoms with Gasteiger partial charge in [0.2, 0.25) is 15.9 Å². The van der Waals surface area contributed by atoms with Crippen LogP contribution in [0.5, 0.6) is 0 Å². The Kier molecular flexibility index (Phi) is 8.69. The number of hydrogen-bond donors (Lipinski definition) is 0. The zero-order valence-electron chi connectivity index (χ0n) is 16.2. The highest BCUT2D eigenvalue weighted by Crippen LogP contribution is 2.21. The average molecular weight is 399 g/mol. The van der Waals surface area contributed by atoms with E-state index in [0.29, 0.717) is 57.1 Å². The summed E-state index contributed by atoms with van der Waals surface area (Å²) in [6.07, 6.45) is 2.77. The third kappa shape index (κ3) is 6.27. The van der Waals surface area contributed by atoms with E-state index >= 15 is 0 Å². The highest BCUT2D eigenvalue weighted by molar-refractivity contribution is 7.89. The highest BCUT2D eigenvalue weighted by Gasteiger charge is 2.26. The van der Waals surface area contributed by atoms with Gasteiger partial charge in [-0.2, -0.15) is 4.31 Å². The van der Waals surface area contributed by atoms with Crippen molar-refractivity contribution in [2.45, 2.75) is 30.6 Å².